The first kappa shape index (κ1) is 38.7. The van der Waals surface area contributed by atoms with Gasteiger partial charge in [0.05, 0.1) is 30.8 Å². The number of rotatable bonds is 9. The smallest absolute Gasteiger partial charge is 0.221 e. The summed E-state index contributed by atoms with van der Waals surface area (Å²) in [4.78, 5) is 12.0. The van der Waals surface area contributed by atoms with Gasteiger partial charge in [-0.15, -0.1) is 4.31 Å². The van der Waals surface area contributed by atoms with Gasteiger partial charge in [-0.25, -0.2) is 18.4 Å². The maximum absolute atomic E-state index is 14.6. The van der Waals surface area contributed by atoms with Crippen molar-refractivity contribution >= 4 is 10.0 Å². The summed E-state index contributed by atoms with van der Waals surface area (Å²) in [6.07, 6.45) is 7.00. The van der Waals surface area contributed by atoms with Gasteiger partial charge in [0.1, 0.15) is 31.7 Å². The third kappa shape index (κ3) is 9.76. The number of hydrogen-bond acceptors (Lipinski definition) is 10. The molecule has 6 atom stereocenters. The van der Waals surface area contributed by atoms with Crippen LogP contribution in [0.15, 0.2) is 60.9 Å². The summed E-state index contributed by atoms with van der Waals surface area (Å²) in [6.45, 7) is 13.2. The van der Waals surface area contributed by atoms with Gasteiger partial charge in [0.25, 0.3) is 0 Å². The number of fused-ring (bicyclic) bond motifs is 4. The molecule has 284 valence electrons. The molecule has 4 bridgehead atoms. The first-order chi connectivity index (χ1) is 24.9. The molecular formula is C40H58N6O5S. The van der Waals surface area contributed by atoms with Crippen LogP contribution in [-0.4, -0.2) is 78.4 Å². The summed E-state index contributed by atoms with van der Waals surface area (Å²) in [7, 11) is -2.20. The fraction of sp³-hybridized carbons (Fsp3) is 0.600. The molecule has 12 heteroatoms. The molecule has 0 spiro atoms. The van der Waals surface area contributed by atoms with E-state index in [1.54, 1.807) is 19.5 Å². The second-order valence-electron chi connectivity index (χ2n) is 16.1. The van der Waals surface area contributed by atoms with Crippen molar-refractivity contribution in [2.45, 2.75) is 116 Å². The Morgan fingerprint density at radius 1 is 0.962 bits per heavy atom. The Hall–Kier alpha value is -2.97. The van der Waals surface area contributed by atoms with Crippen LogP contribution in [0.25, 0.3) is 0 Å². The van der Waals surface area contributed by atoms with Crippen LogP contribution in [0.5, 0.6) is 5.75 Å². The molecule has 6 rings (SSSR count). The summed E-state index contributed by atoms with van der Waals surface area (Å²) >= 11 is 0. The molecule has 1 aromatic heterocycles. The van der Waals surface area contributed by atoms with Gasteiger partial charge >= 0.3 is 0 Å². The average Bonchev–Trinajstić information content (AvgIpc) is 3.11. The van der Waals surface area contributed by atoms with Crippen LogP contribution in [0.1, 0.15) is 93.4 Å². The lowest BCUT2D eigenvalue weighted by Crippen LogP contribution is -2.65. The van der Waals surface area contributed by atoms with Crippen LogP contribution in [0.2, 0.25) is 0 Å². The van der Waals surface area contributed by atoms with Crippen molar-refractivity contribution < 1.29 is 22.6 Å². The van der Waals surface area contributed by atoms with Crippen LogP contribution < -0.4 is 15.4 Å². The second kappa shape index (κ2) is 17.0. The van der Waals surface area contributed by atoms with Crippen molar-refractivity contribution in [3.8, 4) is 5.75 Å². The van der Waals surface area contributed by atoms with Crippen molar-refractivity contribution in [1.82, 2.24) is 29.8 Å². The van der Waals surface area contributed by atoms with Crippen molar-refractivity contribution in [1.29, 1.82) is 0 Å². The molecule has 3 aromatic rings. The summed E-state index contributed by atoms with van der Waals surface area (Å²) in [5, 5.41) is 6.71. The maximum Gasteiger partial charge on any atom is 0.221 e. The minimum absolute atomic E-state index is 0.0226. The number of ether oxygens (including phenoxy) is 3. The van der Waals surface area contributed by atoms with E-state index in [1.807, 2.05) is 30.3 Å². The highest BCUT2D eigenvalue weighted by Gasteiger charge is 2.44. The molecule has 52 heavy (non-hydrogen) atoms. The number of nitrogens with zero attached hydrogens (tertiary/aromatic N) is 4. The van der Waals surface area contributed by atoms with Gasteiger partial charge in [-0.2, -0.15) is 0 Å². The minimum atomic E-state index is -3.75. The predicted molar refractivity (Wildman–Crippen MR) is 203 cm³/mol. The zero-order valence-corrected chi connectivity index (χ0v) is 32.6. The van der Waals surface area contributed by atoms with E-state index in [9.17, 15) is 8.42 Å². The van der Waals surface area contributed by atoms with Gasteiger partial charge in [0.2, 0.25) is 10.0 Å². The number of aryl methyl sites for hydroxylation is 2. The summed E-state index contributed by atoms with van der Waals surface area (Å²) in [5.41, 5.74) is 4.62. The molecule has 2 aliphatic heterocycles. The number of hydrogen-bond donors (Lipinski definition) is 2. The molecule has 2 N–H and O–H groups in total. The van der Waals surface area contributed by atoms with Gasteiger partial charge in [0.15, 0.2) is 5.75 Å². The first-order valence-corrected chi connectivity index (χ1v) is 20.3. The third-order valence-electron chi connectivity index (χ3n) is 10.7. The molecule has 1 aliphatic carbocycles. The fourth-order valence-electron chi connectivity index (χ4n) is 8.24. The topological polar surface area (TPSA) is 118 Å². The quantitative estimate of drug-likeness (QED) is 0.270. The van der Waals surface area contributed by atoms with Gasteiger partial charge in [0, 0.05) is 32.2 Å². The SMILES string of the molecule is COCN1C2NC(CC(c3c(C)cccc3C)N2)OC[C@@H](CC(C)(C)C)N(Cc2ncc(OCc3ccccc3)cn2)CC2CCCC(C2)S1(=O)=O. The number of methoxy groups -OCH3 is 1. The van der Waals surface area contributed by atoms with Crippen molar-refractivity contribution in [3.63, 3.8) is 0 Å². The first-order valence-electron chi connectivity index (χ1n) is 18.8. The molecule has 3 aliphatic rings. The molecule has 11 nitrogen and oxygen atoms in total. The van der Waals surface area contributed by atoms with Crippen molar-refractivity contribution in [2.75, 3.05) is 27.0 Å². The van der Waals surface area contributed by atoms with Gasteiger partial charge in [-0.1, -0.05) is 75.7 Å². The normalized spacial score (nSPS) is 27.6. The van der Waals surface area contributed by atoms with Gasteiger partial charge in [-0.05, 0) is 73.1 Å². The summed E-state index contributed by atoms with van der Waals surface area (Å²) in [5.74, 6) is 1.52. The second-order valence-corrected chi connectivity index (χ2v) is 18.3. The third-order valence-corrected chi connectivity index (χ3v) is 12.9. The van der Waals surface area contributed by atoms with Crippen LogP contribution in [0, 0.1) is 25.2 Å². The standard InChI is InChI=1S/C40H58N6O5S/c1-28-12-10-13-29(2)38(28)35-19-37-44-39(43-35)46(27-49-6)52(47,48)34-17-11-16-31(18-34)23-45(32(26-51-37)20-40(3,4)5)24-36-41-21-33(22-42-36)50-25-30-14-8-7-9-15-30/h7-10,12-15,21-22,31-32,34-35,37,39,43-44H,11,16-20,23-27H2,1-6H3/t31?,32-,34?,35?,37?,39?/m1/s1. The van der Waals surface area contributed by atoms with E-state index >= 15 is 0 Å². The molecule has 3 fully saturated rings. The Labute approximate surface area is 310 Å². The van der Waals surface area contributed by atoms with Crippen LogP contribution in [0.3, 0.4) is 0 Å². The van der Waals surface area contributed by atoms with Gasteiger partial charge in [-0.3, -0.25) is 15.5 Å². The number of aromatic nitrogens is 2. The number of sulfonamides is 1. The average molecular weight is 735 g/mol. The zero-order chi connectivity index (χ0) is 36.9. The predicted octanol–water partition coefficient (Wildman–Crippen LogP) is 6.04. The maximum atomic E-state index is 14.6. The van der Waals surface area contributed by atoms with Crippen LogP contribution in [-0.2, 0) is 32.6 Å². The molecule has 0 amide bonds. The van der Waals surface area contributed by atoms with Crippen LogP contribution in [0.4, 0.5) is 0 Å². The fourth-order valence-corrected chi connectivity index (χ4v) is 10.3. The van der Waals surface area contributed by atoms with E-state index in [2.05, 4.69) is 68.4 Å². The van der Waals surface area contributed by atoms with Crippen molar-refractivity contribution in [2.24, 2.45) is 11.3 Å². The summed E-state index contributed by atoms with van der Waals surface area (Å²) in [6, 6.07) is 16.3. The Kier molecular flexibility index (Phi) is 12.7. The van der Waals surface area contributed by atoms with E-state index < -0.39 is 27.8 Å². The van der Waals surface area contributed by atoms with Crippen LogP contribution >= 0.6 is 0 Å². The van der Waals surface area contributed by atoms with E-state index in [-0.39, 0.29) is 30.1 Å². The van der Waals surface area contributed by atoms with E-state index in [1.165, 1.54) is 21.0 Å². The molecule has 2 aromatic carbocycles. The van der Waals surface area contributed by atoms with Crippen molar-refractivity contribution in [3.05, 3.63) is 89.0 Å². The highest BCUT2D eigenvalue weighted by Crippen LogP contribution is 2.36. The Morgan fingerprint density at radius 2 is 1.69 bits per heavy atom. The largest absolute Gasteiger partial charge is 0.486 e. The number of nitrogens with one attached hydrogen (secondary N) is 2. The molecule has 5 unspecified atom stereocenters. The Morgan fingerprint density at radius 3 is 2.38 bits per heavy atom. The lowest BCUT2D eigenvalue weighted by molar-refractivity contribution is -0.0692. The monoisotopic (exact) mass is 734 g/mol. The minimum Gasteiger partial charge on any atom is -0.486 e. The molecule has 0 radical (unpaired) electrons. The molecule has 3 heterocycles. The van der Waals surface area contributed by atoms with E-state index in [4.69, 9.17) is 24.2 Å². The summed E-state index contributed by atoms with van der Waals surface area (Å²) < 4.78 is 49.1. The lowest BCUT2D eigenvalue weighted by atomic mass is 9.85. The highest BCUT2D eigenvalue weighted by atomic mass is 32.2. The highest BCUT2D eigenvalue weighted by molar-refractivity contribution is 7.89. The molecule has 2 saturated heterocycles. The van der Waals surface area contributed by atoms with E-state index in [0.29, 0.717) is 50.6 Å². The van der Waals surface area contributed by atoms with E-state index in [0.717, 1.165) is 31.4 Å². The lowest BCUT2D eigenvalue weighted by Gasteiger charge is -2.44. The molecule has 1 saturated carbocycles. The Balaban J connectivity index is 1.31. The Bertz CT molecular complexity index is 1680. The van der Waals surface area contributed by atoms with Gasteiger partial charge < -0.3 is 14.2 Å². The molecular weight excluding hydrogens is 677 g/mol. The zero-order valence-electron chi connectivity index (χ0n) is 31.8. The number of benzene rings is 2.